The third-order valence-electron chi connectivity index (χ3n) is 1.31. The summed E-state index contributed by atoms with van der Waals surface area (Å²) in [5.74, 6) is 0. The molecule has 0 saturated heterocycles. The normalized spacial score (nSPS) is 24.8. The van der Waals surface area contributed by atoms with Crippen LogP contribution in [0.25, 0.3) is 0 Å². The van der Waals surface area contributed by atoms with Crippen LogP contribution in [-0.4, -0.2) is 12.8 Å². The molecule has 0 aromatic rings. The maximum atomic E-state index is 4.77. The Labute approximate surface area is 49.5 Å². The number of hydrogen-bond acceptors (Lipinski definition) is 2. The molecule has 0 atom stereocenters. The molecule has 0 amide bonds. The molecule has 0 aromatic carbocycles. The van der Waals surface area contributed by atoms with Crippen LogP contribution in [0.1, 0.15) is 20.3 Å². The maximum absolute atomic E-state index is 4.77. The van der Waals surface area contributed by atoms with Gasteiger partial charge in [-0.1, -0.05) is 19.0 Å². The van der Waals surface area contributed by atoms with Crippen LogP contribution in [0.3, 0.4) is 0 Å². The van der Waals surface area contributed by atoms with Gasteiger partial charge < -0.3 is 4.84 Å². The van der Waals surface area contributed by atoms with E-state index in [0.717, 1.165) is 13.0 Å². The molecule has 1 rings (SSSR count). The van der Waals surface area contributed by atoms with Crippen LogP contribution >= 0.6 is 0 Å². The van der Waals surface area contributed by atoms with Crippen LogP contribution in [0, 0.1) is 5.41 Å². The van der Waals surface area contributed by atoms with Crippen molar-refractivity contribution in [1.82, 2.24) is 0 Å². The fourth-order valence-corrected chi connectivity index (χ4v) is 0.606. The fraction of sp³-hybridized carbons (Fsp3) is 0.833. The van der Waals surface area contributed by atoms with E-state index in [1.54, 1.807) is 0 Å². The molecule has 2 nitrogen and oxygen atoms in total. The number of nitrogens with zero attached hydrogens (tertiary/aromatic N) is 1. The van der Waals surface area contributed by atoms with Gasteiger partial charge in [0.2, 0.25) is 0 Å². The lowest BCUT2D eigenvalue weighted by Crippen LogP contribution is -2.19. The first-order valence-electron chi connectivity index (χ1n) is 2.87. The Kier molecular flexibility index (Phi) is 1.24. The SMILES string of the molecule is CC1(C)C=NOCC1. The lowest BCUT2D eigenvalue weighted by molar-refractivity contribution is 0.106. The first kappa shape index (κ1) is 5.60. The molecule has 0 N–H and O–H groups in total. The van der Waals surface area contributed by atoms with Crippen molar-refractivity contribution in [2.24, 2.45) is 10.6 Å². The minimum Gasteiger partial charge on any atom is -0.396 e. The molecule has 0 unspecified atom stereocenters. The lowest BCUT2D eigenvalue weighted by atomic mass is 9.91. The van der Waals surface area contributed by atoms with Gasteiger partial charge >= 0.3 is 0 Å². The van der Waals surface area contributed by atoms with E-state index in [1.165, 1.54) is 0 Å². The summed E-state index contributed by atoms with van der Waals surface area (Å²) in [5.41, 5.74) is 0.262. The summed E-state index contributed by atoms with van der Waals surface area (Å²) in [7, 11) is 0. The van der Waals surface area contributed by atoms with Gasteiger partial charge in [-0.2, -0.15) is 0 Å². The van der Waals surface area contributed by atoms with Gasteiger partial charge in [0.15, 0.2) is 0 Å². The highest BCUT2D eigenvalue weighted by molar-refractivity contribution is 5.64. The second-order valence-corrected chi connectivity index (χ2v) is 2.81. The van der Waals surface area contributed by atoms with E-state index in [-0.39, 0.29) is 5.41 Å². The van der Waals surface area contributed by atoms with E-state index in [0.29, 0.717) is 0 Å². The van der Waals surface area contributed by atoms with E-state index in [4.69, 9.17) is 4.84 Å². The van der Waals surface area contributed by atoms with E-state index in [1.807, 2.05) is 6.21 Å². The minimum absolute atomic E-state index is 0.262. The van der Waals surface area contributed by atoms with E-state index >= 15 is 0 Å². The molecule has 1 aliphatic rings. The molecule has 0 radical (unpaired) electrons. The first-order chi connectivity index (χ1) is 3.71. The Bertz CT molecular complexity index is 107. The van der Waals surface area contributed by atoms with Crippen molar-refractivity contribution in [3.05, 3.63) is 0 Å². The Hall–Kier alpha value is -0.530. The highest BCUT2D eigenvalue weighted by Crippen LogP contribution is 2.19. The smallest absolute Gasteiger partial charge is 0.118 e. The summed E-state index contributed by atoms with van der Waals surface area (Å²) in [5, 5.41) is 3.70. The molecule has 0 bridgehead atoms. The predicted octanol–water partition coefficient (Wildman–Crippen LogP) is 1.42. The Balaban J connectivity index is 2.56. The largest absolute Gasteiger partial charge is 0.396 e. The van der Waals surface area contributed by atoms with Crippen LogP contribution in [0.4, 0.5) is 0 Å². The third kappa shape index (κ3) is 1.22. The summed E-state index contributed by atoms with van der Waals surface area (Å²) in [6.45, 7) is 5.07. The highest BCUT2D eigenvalue weighted by atomic mass is 16.6. The van der Waals surface area contributed by atoms with Crippen LogP contribution in [0.15, 0.2) is 5.16 Å². The second-order valence-electron chi connectivity index (χ2n) is 2.81. The molecule has 2 heteroatoms. The van der Waals surface area contributed by atoms with Gasteiger partial charge in [-0.3, -0.25) is 0 Å². The number of oxime groups is 1. The van der Waals surface area contributed by atoms with Crippen LogP contribution < -0.4 is 0 Å². The number of hydrogen-bond donors (Lipinski definition) is 0. The fourth-order valence-electron chi connectivity index (χ4n) is 0.606. The zero-order chi connectivity index (χ0) is 6.04. The molecule has 0 saturated carbocycles. The zero-order valence-corrected chi connectivity index (χ0v) is 5.35. The zero-order valence-electron chi connectivity index (χ0n) is 5.35. The van der Waals surface area contributed by atoms with Crippen LogP contribution in [0.2, 0.25) is 0 Å². The lowest BCUT2D eigenvalue weighted by Gasteiger charge is -2.21. The predicted molar refractivity (Wildman–Crippen MR) is 32.8 cm³/mol. The molecule has 1 aliphatic heterocycles. The Morgan fingerprint density at radius 3 is 2.62 bits per heavy atom. The van der Waals surface area contributed by atoms with Crippen molar-refractivity contribution in [3.8, 4) is 0 Å². The number of rotatable bonds is 0. The molecule has 46 valence electrons. The van der Waals surface area contributed by atoms with Gasteiger partial charge in [0.1, 0.15) is 6.61 Å². The van der Waals surface area contributed by atoms with Crippen molar-refractivity contribution >= 4 is 6.21 Å². The van der Waals surface area contributed by atoms with Gasteiger partial charge in [0.25, 0.3) is 0 Å². The highest BCUT2D eigenvalue weighted by Gasteiger charge is 2.17. The first-order valence-corrected chi connectivity index (χ1v) is 2.87. The van der Waals surface area contributed by atoms with Crippen LogP contribution in [0.5, 0.6) is 0 Å². The molecule has 0 aliphatic carbocycles. The maximum Gasteiger partial charge on any atom is 0.118 e. The van der Waals surface area contributed by atoms with Crippen molar-refractivity contribution in [2.75, 3.05) is 6.61 Å². The summed E-state index contributed by atoms with van der Waals surface area (Å²) in [6.07, 6.45) is 2.94. The minimum atomic E-state index is 0.262. The van der Waals surface area contributed by atoms with Gasteiger partial charge in [0.05, 0.1) is 0 Å². The van der Waals surface area contributed by atoms with Crippen molar-refractivity contribution in [2.45, 2.75) is 20.3 Å². The molecule has 1 heterocycles. The Morgan fingerprint density at radius 2 is 2.38 bits per heavy atom. The average Bonchev–Trinajstić information content (AvgIpc) is 1.65. The standard InChI is InChI=1S/C6H11NO/c1-6(2)3-4-8-7-5-6/h5H,3-4H2,1-2H3. The molecule has 8 heavy (non-hydrogen) atoms. The average molecular weight is 113 g/mol. The van der Waals surface area contributed by atoms with Crippen LogP contribution in [-0.2, 0) is 4.84 Å². The Morgan fingerprint density at radius 1 is 1.62 bits per heavy atom. The molecular weight excluding hydrogens is 102 g/mol. The van der Waals surface area contributed by atoms with Crippen molar-refractivity contribution in [1.29, 1.82) is 0 Å². The molecule has 0 aromatic heterocycles. The van der Waals surface area contributed by atoms with E-state index in [2.05, 4.69) is 19.0 Å². The monoisotopic (exact) mass is 113 g/mol. The summed E-state index contributed by atoms with van der Waals surface area (Å²) in [4.78, 5) is 4.77. The van der Waals surface area contributed by atoms with Crippen molar-refractivity contribution < 1.29 is 4.84 Å². The quantitative estimate of drug-likeness (QED) is 0.465. The second kappa shape index (κ2) is 1.77. The van der Waals surface area contributed by atoms with Crippen molar-refractivity contribution in [3.63, 3.8) is 0 Å². The van der Waals surface area contributed by atoms with Gasteiger partial charge in [-0.25, -0.2) is 0 Å². The molecule has 0 spiro atoms. The topological polar surface area (TPSA) is 21.6 Å². The van der Waals surface area contributed by atoms with Gasteiger partial charge in [-0.05, 0) is 6.42 Å². The van der Waals surface area contributed by atoms with E-state index in [9.17, 15) is 0 Å². The van der Waals surface area contributed by atoms with Gasteiger partial charge in [0, 0.05) is 11.6 Å². The third-order valence-corrected chi connectivity index (χ3v) is 1.31. The van der Waals surface area contributed by atoms with E-state index < -0.39 is 0 Å². The summed E-state index contributed by atoms with van der Waals surface area (Å²) < 4.78 is 0. The molecular formula is C6H11NO. The summed E-state index contributed by atoms with van der Waals surface area (Å²) in [6, 6.07) is 0. The summed E-state index contributed by atoms with van der Waals surface area (Å²) >= 11 is 0. The molecule has 0 fully saturated rings. The van der Waals surface area contributed by atoms with Gasteiger partial charge in [-0.15, -0.1) is 0 Å².